The lowest BCUT2D eigenvalue weighted by atomic mass is 10.0. The topological polar surface area (TPSA) is 102 Å². The highest BCUT2D eigenvalue weighted by molar-refractivity contribution is 7.96. The van der Waals surface area contributed by atoms with Crippen LogP contribution in [0.4, 0.5) is 0 Å². The molecule has 0 radical (unpaired) electrons. The zero-order valence-electron chi connectivity index (χ0n) is 18.7. The maximum absolute atomic E-state index is 13.2. The van der Waals surface area contributed by atoms with Gasteiger partial charge in [-0.1, -0.05) is 24.3 Å². The normalized spacial score (nSPS) is 21.4. The van der Waals surface area contributed by atoms with Gasteiger partial charge in [-0.25, -0.2) is 16.8 Å². The fraction of sp³-hybridized carbons (Fsp3) is 0.455. The maximum atomic E-state index is 13.2. The smallest absolute Gasteiger partial charge is 0.183 e. The zero-order chi connectivity index (χ0) is 23.5. The molecule has 0 bridgehead atoms. The van der Waals surface area contributed by atoms with E-state index in [9.17, 15) is 16.8 Å². The van der Waals surface area contributed by atoms with Crippen molar-refractivity contribution in [1.82, 2.24) is 10.2 Å². The van der Waals surface area contributed by atoms with Crippen molar-refractivity contribution in [3.63, 3.8) is 0 Å². The molecule has 2 aromatic carbocycles. The van der Waals surface area contributed by atoms with Crippen LogP contribution in [0.3, 0.4) is 0 Å². The second-order valence-corrected chi connectivity index (χ2v) is 12.4. The van der Waals surface area contributed by atoms with Crippen LogP contribution < -0.4 is 14.8 Å². The van der Waals surface area contributed by atoms with E-state index in [0.717, 1.165) is 5.56 Å². The summed E-state index contributed by atoms with van der Waals surface area (Å²) in [5, 5.41) is 2.20. The first-order chi connectivity index (χ1) is 15.1. The highest BCUT2D eigenvalue weighted by atomic mass is 32.2. The average molecular weight is 483 g/mol. The van der Waals surface area contributed by atoms with Crippen LogP contribution in [0.2, 0.25) is 0 Å². The molecule has 1 heterocycles. The third-order valence-electron chi connectivity index (χ3n) is 5.76. The Morgan fingerprint density at radius 2 is 1.69 bits per heavy atom. The molecule has 8 nitrogen and oxygen atoms in total. The summed E-state index contributed by atoms with van der Waals surface area (Å²) in [5.41, 5.74) is 0.934. The second kappa shape index (κ2) is 9.78. The lowest BCUT2D eigenvalue weighted by Gasteiger charge is -2.28. The summed E-state index contributed by atoms with van der Waals surface area (Å²) in [6.07, 6.45) is 0. The third kappa shape index (κ3) is 5.25. The van der Waals surface area contributed by atoms with Crippen LogP contribution in [0.1, 0.15) is 11.6 Å². The largest absolute Gasteiger partial charge is 0.493 e. The van der Waals surface area contributed by atoms with E-state index in [1.165, 1.54) is 12.1 Å². The predicted octanol–water partition coefficient (Wildman–Crippen LogP) is 1.54. The summed E-state index contributed by atoms with van der Waals surface area (Å²) in [4.78, 5) is 2.12. The standard InChI is InChI=1S/C22H30N2O6S2/c1-24(2)19(16-10-11-20(29-3)21(12-16)30-4)13-23-18-14-31(25,26)15-22(18)32(27,28)17-8-6-5-7-9-17/h5-12,18-19,22-23H,13-15H2,1-4H3/t18-,19?,22-/m0/s1. The Bertz CT molecular complexity index is 1130. The summed E-state index contributed by atoms with van der Waals surface area (Å²) >= 11 is 0. The Kier molecular flexibility index (Phi) is 7.49. The number of hydrogen-bond donors (Lipinski definition) is 1. The van der Waals surface area contributed by atoms with Gasteiger partial charge in [-0.2, -0.15) is 0 Å². The Labute approximate surface area is 190 Å². The Balaban J connectivity index is 1.85. The highest BCUT2D eigenvalue weighted by Crippen LogP contribution is 2.32. The van der Waals surface area contributed by atoms with Crippen LogP contribution in [0.25, 0.3) is 0 Å². The van der Waals surface area contributed by atoms with Crippen LogP contribution in [0.15, 0.2) is 53.4 Å². The van der Waals surface area contributed by atoms with Crippen molar-refractivity contribution in [2.75, 3.05) is 46.4 Å². The summed E-state index contributed by atoms with van der Waals surface area (Å²) in [6, 6.07) is 12.8. The molecule has 3 atom stereocenters. The first kappa shape index (κ1) is 24.5. The van der Waals surface area contributed by atoms with Crippen LogP contribution in [0, 0.1) is 0 Å². The van der Waals surface area contributed by atoms with Gasteiger partial charge in [-0.3, -0.25) is 0 Å². The maximum Gasteiger partial charge on any atom is 0.183 e. The van der Waals surface area contributed by atoms with E-state index >= 15 is 0 Å². The van der Waals surface area contributed by atoms with E-state index in [-0.39, 0.29) is 22.4 Å². The summed E-state index contributed by atoms with van der Waals surface area (Å²) in [7, 11) is -0.336. The average Bonchev–Trinajstić information content (AvgIpc) is 3.09. The van der Waals surface area contributed by atoms with Gasteiger partial charge in [0.25, 0.3) is 0 Å². The van der Waals surface area contributed by atoms with Gasteiger partial charge in [0, 0.05) is 18.6 Å². The van der Waals surface area contributed by atoms with E-state index in [1.807, 2.05) is 37.2 Å². The number of nitrogens with zero attached hydrogens (tertiary/aromatic N) is 1. The molecular weight excluding hydrogens is 452 g/mol. The van der Waals surface area contributed by atoms with Crippen LogP contribution in [0.5, 0.6) is 11.5 Å². The van der Waals surface area contributed by atoms with Gasteiger partial charge in [-0.15, -0.1) is 0 Å². The molecular formula is C22H30N2O6S2. The van der Waals surface area contributed by atoms with Gasteiger partial charge in [0.1, 0.15) is 0 Å². The first-order valence-electron chi connectivity index (χ1n) is 10.2. The molecule has 1 aliphatic rings. The minimum absolute atomic E-state index is 0.137. The Morgan fingerprint density at radius 3 is 2.28 bits per heavy atom. The van der Waals surface area contributed by atoms with Gasteiger partial charge < -0.3 is 19.7 Å². The number of hydrogen-bond acceptors (Lipinski definition) is 8. The quantitative estimate of drug-likeness (QED) is 0.574. The molecule has 0 amide bonds. The Morgan fingerprint density at radius 1 is 1.03 bits per heavy atom. The van der Waals surface area contributed by atoms with Gasteiger partial charge in [0.2, 0.25) is 0 Å². The second-order valence-electron chi connectivity index (χ2n) is 8.08. The van der Waals surface area contributed by atoms with Crippen LogP contribution in [-0.4, -0.2) is 79.4 Å². The fourth-order valence-electron chi connectivity index (χ4n) is 4.02. The minimum Gasteiger partial charge on any atom is -0.493 e. The first-order valence-corrected chi connectivity index (χ1v) is 13.6. The number of ether oxygens (including phenoxy) is 2. The molecule has 3 rings (SSSR count). The molecule has 1 fully saturated rings. The molecule has 1 unspecified atom stereocenters. The number of sulfone groups is 2. The molecule has 1 N–H and O–H groups in total. The van der Waals surface area contributed by atoms with Gasteiger partial charge in [-0.05, 0) is 43.9 Å². The van der Waals surface area contributed by atoms with E-state index < -0.39 is 31.0 Å². The molecule has 176 valence electrons. The Hall–Kier alpha value is -2.14. The molecule has 10 heteroatoms. The number of benzene rings is 2. The highest BCUT2D eigenvalue weighted by Gasteiger charge is 2.45. The van der Waals surface area contributed by atoms with Crippen LogP contribution >= 0.6 is 0 Å². The lowest BCUT2D eigenvalue weighted by Crippen LogP contribution is -2.46. The molecule has 0 aromatic heterocycles. The van der Waals surface area contributed by atoms with Gasteiger partial charge in [0.15, 0.2) is 31.2 Å². The van der Waals surface area contributed by atoms with E-state index in [1.54, 1.807) is 32.4 Å². The van der Waals surface area contributed by atoms with Crippen molar-refractivity contribution in [3.05, 3.63) is 54.1 Å². The van der Waals surface area contributed by atoms with Crippen molar-refractivity contribution < 1.29 is 26.3 Å². The monoisotopic (exact) mass is 482 g/mol. The predicted molar refractivity (Wildman–Crippen MR) is 124 cm³/mol. The summed E-state index contributed by atoms with van der Waals surface area (Å²) < 4.78 is 61.9. The number of methoxy groups -OCH3 is 2. The van der Waals surface area contributed by atoms with E-state index in [0.29, 0.717) is 18.0 Å². The van der Waals surface area contributed by atoms with Crippen molar-refractivity contribution in [3.8, 4) is 11.5 Å². The van der Waals surface area contributed by atoms with Crippen molar-refractivity contribution in [2.45, 2.75) is 22.2 Å². The van der Waals surface area contributed by atoms with Gasteiger partial charge >= 0.3 is 0 Å². The van der Waals surface area contributed by atoms with Crippen LogP contribution in [-0.2, 0) is 19.7 Å². The molecule has 0 saturated carbocycles. The molecule has 32 heavy (non-hydrogen) atoms. The van der Waals surface area contributed by atoms with Crippen molar-refractivity contribution in [2.24, 2.45) is 0 Å². The van der Waals surface area contributed by atoms with E-state index in [4.69, 9.17) is 9.47 Å². The fourth-order valence-corrected chi connectivity index (χ4v) is 8.76. The van der Waals surface area contributed by atoms with Gasteiger partial charge in [0.05, 0.1) is 35.9 Å². The molecule has 1 saturated heterocycles. The SMILES string of the molecule is COc1ccc(C(CN[C@H]2CS(=O)(=O)C[C@@H]2S(=O)(=O)c2ccccc2)N(C)C)cc1OC. The molecule has 0 aliphatic carbocycles. The zero-order valence-corrected chi connectivity index (χ0v) is 20.3. The molecule has 1 aliphatic heterocycles. The number of likely N-dealkylation sites (N-methyl/N-ethyl adjacent to an activating group) is 1. The molecule has 0 spiro atoms. The van der Waals surface area contributed by atoms with Crippen molar-refractivity contribution in [1.29, 1.82) is 0 Å². The third-order valence-corrected chi connectivity index (χ3v) is 9.93. The molecule has 2 aromatic rings. The summed E-state index contributed by atoms with van der Waals surface area (Å²) in [6.45, 7) is 0.365. The summed E-state index contributed by atoms with van der Waals surface area (Å²) in [5.74, 6) is 0.600. The number of nitrogens with one attached hydrogen (secondary N) is 1. The number of rotatable bonds is 9. The minimum atomic E-state index is -3.80. The lowest BCUT2D eigenvalue weighted by molar-refractivity contribution is 0.280. The van der Waals surface area contributed by atoms with E-state index in [2.05, 4.69) is 5.32 Å². The van der Waals surface area contributed by atoms with Crippen molar-refractivity contribution >= 4 is 19.7 Å².